The van der Waals surface area contributed by atoms with Crippen molar-refractivity contribution in [3.63, 3.8) is 0 Å². The van der Waals surface area contributed by atoms with Crippen molar-refractivity contribution >= 4 is 17.3 Å². The van der Waals surface area contributed by atoms with Gasteiger partial charge in [0.2, 0.25) is 0 Å². The Labute approximate surface area is 140 Å². The Kier molecular flexibility index (Phi) is 5.52. The molecule has 0 spiro atoms. The minimum absolute atomic E-state index is 0.136. The molecule has 0 aromatic heterocycles. The second-order valence-corrected chi connectivity index (χ2v) is 5.53. The molecule has 24 heavy (non-hydrogen) atoms. The third kappa shape index (κ3) is 4.32. The van der Waals surface area contributed by atoms with Gasteiger partial charge < -0.3 is 10.1 Å². The molecule has 0 aliphatic rings. The van der Waals surface area contributed by atoms with Crippen LogP contribution in [0.25, 0.3) is 0 Å². The number of aryl methyl sites for hydroxylation is 2. The normalized spacial score (nSPS) is 11.6. The lowest BCUT2D eigenvalue weighted by molar-refractivity contribution is -0.384. The third-order valence-corrected chi connectivity index (χ3v) is 3.60. The Hall–Kier alpha value is -2.89. The number of nitrogens with zero attached hydrogens (tertiary/aromatic N) is 1. The van der Waals surface area contributed by atoms with E-state index < -0.39 is 16.9 Å². The van der Waals surface area contributed by atoms with Gasteiger partial charge in [0.1, 0.15) is 11.4 Å². The van der Waals surface area contributed by atoms with E-state index in [1.807, 2.05) is 25.1 Å². The van der Waals surface area contributed by atoms with E-state index in [2.05, 4.69) is 5.32 Å². The largest absolute Gasteiger partial charge is 0.481 e. The fraction of sp³-hybridized carbons (Fsp3) is 0.278. The lowest BCUT2D eigenvalue weighted by atomic mass is 10.1. The van der Waals surface area contributed by atoms with Crippen LogP contribution in [0.15, 0.2) is 42.5 Å². The Bertz CT molecular complexity index is 758. The van der Waals surface area contributed by atoms with Crippen molar-refractivity contribution in [2.45, 2.75) is 33.3 Å². The highest BCUT2D eigenvalue weighted by atomic mass is 16.6. The molecular formula is C18H20N2O4. The van der Waals surface area contributed by atoms with Gasteiger partial charge in [-0.05, 0) is 49.6 Å². The van der Waals surface area contributed by atoms with E-state index in [1.54, 1.807) is 26.0 Å². The molecule has 0 bridgehead atoms. The molecule has 1 atom stereocenters. The molecule has 126 valence electrons. The fourth-order valence-corrected chi connectivity index (χ4v) is 2.23. The number of anilines is 1. The van der Waals surface area contributed by atoms with Gasteiger partial charge in [-0.1, -0.05) is 25.1 Å². The molecule has 0 radical (unpaired) electrons. The average molecular weight is 328 g/mol. The van der Waals surface area contributed by atoms with E-state index in [4.69, 9.17) is 4.74 Å². The molecule has 1 N–H and O–H groups in total. The summed E-state index contributed by atoms with van der Waals surface area (Å²) < 4.78 is 5.63. The van der Waals surface area contributed by atoms with Crippen LogP contribution in [-0.2, 0) is 11.2 Å². The predicted octanol–water partition coefficient (Wildman–Crippen LogP) is 3.87. The number of amides is 1. The van der Waals surface area contributed by atoms with E-state index in [1.165, 1.54) is 12.1 Å². The first-order chi connectivity index (χ1) is 11.4. The zero-order chi connectivity index (χ0) is 17.7. The van der Waals surface area contributed by atoms with Gasteiger partial charge in [0.05, 0.1) is 4.92 Å². The van der Waals surface area contributed by atoms with E-state index >= 15 is 0 Å². The molecule has 0 saturated heterocycles. The summed E-state index contributed by atoms with van der Waals surface area (Å²) in [5.74, 6) is 0.152. The SMILES string of the molecule is CCc1cccc(OC(C)C(=O)Nc2ccc(C)cc2[N+](=O)[O-])c1. The summed E-state index contributed by atoms with van der Waals surface area (Å²) in [5.41, 5.74) is 1.88. The highest BCUT2D eigenvalue weighted by Crippen LogP contribution is 2.25. The van der Waals surface area contributed by atoms with Crippen LogP contribution in [0.3, 0.4) is 0 Å². The molecule has 0 aliphatic heterocycles. The summed E-state index contributed by atoms with van der Waals surface area (Å²) in [6.45, 7) is 5.39. The van der Waals surface area contributed by atoms with Gasteiger partial charge in [-0.3, -0.25) is 14.9 Å². The predicted molar refractivity (Wildman–Crippen MR) is 92.4 cm³/mol. The Balaban J connectivity index is 2.10. The molecule has 0 saturated carbocycles. The molecule has 1 amide bonds. The van der Waals surface area contributed by atoms with Crippen LogP contribution < -0.4 is 10.1 Å². The van der Waals surface area contributed by atoms with E-state index in [-0.39, 0.29) is 11.4 Å². The van der Waals surface area contributed by atoms with Gasteiger partial charge >= 0.3 is 0 Å². The van der Waals surface area contributed by atoms with Crippen molar-refractivity contribution in [2.75, 3.05) is 5.32 Å². The van der Waals surface area contributed by atoms with Gasteiger partial charge in [-0.2, -0.15) is 0 Å². The molecular weight excluding hydrogens is 308 g/mol. The number of benzene rings is 2. The summed E-state index contributed by atoms with van der Waals surface area (Å²) in [5, 5.41) is 13.7. The van der Waals surface area contributed by atoms with E-state index in [9.17, 15) is 14.9 Å². The minimum Gasteiger partial charge on any atom is -0.481 e. The molecule has 6 nitrogen and oxygen atoms in total. The summed E-state index contributed by atoms with van der Waals surface area (Å²) in [6.07, 6.45) is 0.0888. The number of nitrogens with one attached hydrogen (secondary N) is 1. The number of nitro benzene ring substituents is 1. The molecule has 2 aromatic carbocycles. The number of hydrogen-bond donors (Lipinski definition) is 1. The first-order valence-corrected chi connectivity index (χ1v) is 7.72. The van der Waals surface area contributed by atoms with Crippen molar-refractivity contribution in [3.8, 4) is 5.75 Å². The van der Waals surface area contributed by atoms with Crippen LogP contribution in [0.1, 0.15) is 25.0 Å². The molecule has 0 heterocycles. The van der Waals surface area contributed by atoms with Crippen LogP contribution in [0.2, 0.25) is 0 Å². The minimum atomic E-state index is -0.780. The van der Waals surface area contributed by atoms with Gasteiger partial charge in [-0.25, -0.2) is 0 Å². The van der Waals surface area contributed by atoms with Crippen LogP contribution >= 0.6 is 0 Å². The first-order valence-electron chi connectivity index (χ1n) is 7.72. The third-order valence-electron chi connectivity index (χ3n) is 3.60. The lowest BCUT2D eigenvalue weighted by Crippen LogP contribution is -2.30. The second kappa shape index (κ2) is 7.59. The number of carbonyl (C=O) groups excluding carboxylic acids is 1. The summed E-state index contributed by atoms with van der Waals surface area (Å²) >= 11 is 0. The standard InChI is InChI=1S/C18H20N2O4/c1-4-14-6-5-7-15(11-14)24-13(3)18(21)19-16-9-8-12(2)10-17(16)20(22)23/h5-11,13H,4H2,1-3H3,(H,19,21). The molecule has 6 heteroatoms. The van der Waals surface area contributed by atoms with E-state index in [0.717, 1.165) is 17.5 Å². The highest BCUT2D eigenvalue weighted by Gasteiger charge is 2.20. The average Bonchev–Trinajstić information content (AvgIpc) is 2.56. The van der Waals surface area contributed by atoms with Crippen LogP contribution in [0.4, 0.5) is 11.4 Å². The molecule has 0 aliphatic carbocycles. The number of ether oxygens (including phenoxy) is 1. The first kappa shape index (κ1) is 17.5. The Morgan fingerprint density at radius 2 is 2.04 bits per heavy atom. The van der Waals surface area contributed by atoms with E-state index in [0.29, 0.717) is 5.75 Å². The molecule has 2 rings (SSSR count). The molecule has 0 fully saturated rings. The maximum Gasteiger partial charge on any atom is 0.293 e. The summed E-state index contributed by atoms with van der Waals surface area (Å²) in [7, 11) is 0. The summed E-state index contributed by atoms with van der Waals surface area (Å²) in [4.78, 5) is 22.9. The zero-order valence-electron chi connectivity index (χ0n) is 13.9. The maximum atomic E-state index is 12.3. The Morgan fingerprint density at radius 1 is 1.29 bits per heavy atom. The van der Waals surface area contributed by atoms with Gasteiger partial charge in [0.25, 0.3) is 11.6 Å². The topological polar surface area (TPSA) is 81.5 Å². The zero-order valence-corrected chi connectivity index (χ0v) is 13.9. The fourth-order valence-electron chi connectivity index (χ4n) is 2.23. The van der Waals surface area contributed by atoms with Crippen molar-refractivity contribution in [2.24, 2.45) is 0 Å². The molecule has 1 unspecified atom stereocenters. The van der Waals surface area contributed by atoms with Crippen molar-refractivity contribution in [1.29, 1.82) is 0 Å². The van der Waals surface area contributed by atoms with Gasteiger partial charge in [-0.15, -0.1) is 0 Å². The Morgan fingerprint density at radius 3 is 2.71 bits per heavy atom. The highest BCUT2D eigenvalue weighted by molar-refractivity contribution is 5.96. The second-order valence-electron chi connectivity index (χ2n) is 5.53. The van der Waals surface area contributed by atoms with Crippen LogP contribution in [0.5, 0.6) is 5.75 Å². The quantitative estimate of drug-likeness (QED) is 0.644. The lowest BCUT2D eigenvalue weighted by Gasteiger charge is -2.15. The summed E-state index contributed by atoms with van der Waals surface area (Å²) in [6, 6.07) is 12.1. The smallest absolute Gasteiger partial charge is 0.293 e. The van der Waals surface area contributed by atoms with Crippen molar-refractivity contribution in [3.05, 3.63) is 63.7 Å². The number of nitro groups is 1. The van der Waals surface area contributed by atoms with Crippen LogP contribution in [-0.4, -0.2) is 16.9 Å². The monoisotopic (exact) mass is 328 g/mol. The maximum absolute atomic E-state index is 12.3. The van der Waals surface area contributed by atoms with Crippen molar-refractivity contribution < 1.29 is 14.5 Å². The van der Waals surface area contributed by atoms with Crippen molar-refractivity contribution in [1.82, 2.24) is 0 Å². The van der Waals surface area contributed by atoms with Crippen LogP contribution in [0, 0.1) is 17.0 Å². The van der Waals surface area contributed by atoms with Gasteiger partial charge in [0.15, 0.2) is 6.10 Å². The molecule has 2 aromatic rings. The number of hydrogen-bond acceptors (Lipinski definition) is 4. The number of carbonyl (C=O) groups is 1. The van der Waals surface area contributed by atoms with Gasteiger partial charge in [0, 0.05) is 6.07 Å². The number of rotatable bonds is 6.